The van der Waals surface area contributed by atoms with Gasteiger partial charge in [0.15, 0.2) is 24.6 Å². The maximum atomic E-state index is 12.7. The topological polar surface area (TPSA) is 124 Å². The summed E-state index contributed by atoms with van der Waals surface area (Å²) in [6, 6.07) is 4.40. The van der Waals surface area contributed by atoms with E-state index in [9.17, 15) is 32.3 Å². The Hall–Kier alpha value is -3.45. The molecule has 0 radical (unpaired) electrons. The molecule has 0 spiro atoms. The summed E-state index contributed by atoms with van der Waals surface area (Å²) in [5.41, 5.74) is -0.337. The van der Waals surface area contributed by atoms with Gasteiger partial charge in [0.05, 0.1) is 12.2 Å². The van der Waals surface area contributed by atoms with Crippen LogP contribution in [0.3, 0.4) is 0 Å². The van der Waals surface area contributed by atoms with E-state index in [1.165, 1.54) is 24.3 Å². The van der Waals surface area contributed by atoms with E-state index in [4.69, 9.17) is 28.4 Å². The minimum absolute atomic E-state index is 0.172. The molecule has 10 nitrogen and oxygen atoms in total. The van der Waals surface area contributed by atoms with Gasteiger partial charge in [0.1, 0.15) is 12.7 Å². The van der Waals surface area contributed by atoms with E-state index in [1.807, 2.05) is 0 Å². The average molecular weight is 532 g/mol. The molecule has 1 heterocycles. The quantitative estimate of drug-likeness (QED) is 0.346. The zero-order valence-electron chi connectivity index (χ0n) is 20.5. The highest BCUT2D eigenvalue weighted by molar-refractivity contribution is 5.68. The lowest BCUT2D eigenvalue weighted by Gasteiger charge is -2.43. The smallest absolute Gasteiger partial charge is 0.416 e. The van der Waals surface area contributed by atoms with Gasteiger partial charge in [-0.3, -0.25) is 19.2 Å². The van der Waals surface area contributed by atoms with Gasteiger partial charge >= 0.3 is 30.1 Å². The van der Waals surface area contributed by atoms with Crippen LogP contribution in [0, 0.1) is 0 Å². The van der Waals surface area contributed by atoms with Crippen LogP contribution >= 0.6 is 0 Å². The highest BCUT2D eigenvalue weighted by Gasteiger charge is 2.52. The Kier molecular flexibility index (Phi) is 10.6. The molecule has 204 valence electrons. The summed E-state index contributed by atoms with van der Waals surface area (Å²) < 4.78 is 70.4. The zero-order chi connectivity index (χ0) is 27.8. The number of ether oxygens (including phenoxy) is 6. The summed E-state index contributed by atoms with van der Waals surface area (Å²) >= 11 is 0. The number of alkyl halides is 3. The Morgan fingerprint density at radius 2 is 1.38 bits per heavy atom. The zero-order valence-corrected chi connectivity index (χ0v) is 20.5. The first-order valence-electron chi connectivity index (χ1n) is 11.0. The largest absolute Gasteiger partial charge is 0.463 e. The molecule has 1 fully saturated rings. The summed E-state index contributed by atoms with van der Waals surface area (Å²) in [6.07, 6.45) is -8.08. The molecule has 5 atom stereocenters. The summed E-state index contributed by atoms with van der Waals surface area (Å²) in [6.45, 7) is 3.86. The Balaban J connectivity index is 2.25. The first-order valence-corrected chi connectivity index (χ1v) is 11.0. The molecule has 2 rings (SSSR count). The molecule has 0 N–H and O–H groups in total. The maximum absolute atomic E-state index is 12.7. The number of hydrogen-bond donors (Lipinski definition) is 0. The van der Waals surface area contributed by atoms with Gasteiger partial charge in [-0.25, -0.2) is 0 Å². The molecule has 0 aromatic heterocycles. The van der Waals surface area contributed by atoms with Crippen LogP contribution in [-0.4, -0.2) is 67.8 Å². The van der Waals surface area contributed by atoms with Gasteiger partial charge < -0.3 is 28.4 Å². The van der Waals surface area contributed by atoms with Gasteiger partial charge in [-0.15, -0.1) is 0 Å². The number of benzene rings is 1. The van der Waals surface area contributed by atoms with Crippen molar-refractivity contribution in [3.8, 4) is 0 Å². The van der Waals surface area contributed by atoms with Crippen molar-refractivity contribution in [3.63, 3.8) is 0 Å². The molecule has 1 aromatic rings. The van der Waals surface area contributed by atoms with Crippen molar-refractivity contribution >= 4 is 30.0 Å². The highest BCUT2D eigenvalue weighted by Crippen LogP contribution is 2.31. The molecule has 1 aliphatic heterocycles. The fraction of sp³-hybridized carbons (Fsp3) is 0.500. The number of rotatable bonds is 9. The fourth-order valence-corrected chi connectivity index (χ4v) is 3.44. The predicted molar refractivity (Wildman–Crippen MR) is 118 cm³/mol. The van der Waals surface area contributed by atoms with E-state index in [1.54, 1.807) is 0 Å². The molecule has 13 heteroatoms. The number of esters is 4. The average Bonchev–Trinajstić information content (AvgIpc) is 2.77. The summed E-state index contributed by atoms with van der Waals surface area (Å²) in [5, 5.41) is 0. The van der Waals surface area contributed by atoms with E-state index in [-0.39, 0.29) is 6.61 Å². The third-order valence-corrected chi connectivity index (χ3v) is 4.85. The molecule has 37 heavy (non-hydrogen) atoms. The van der Waals surface area contributed by atoms with Gasteiger partial charge in [0.2, 0.25) is 0 Å². The third-order valence-electron chi connectivity index (χ3n) is 4.85. The highest BCUT2D eigenvalue weighted by atomic mass is 19.4. The van der Waals surface area contributed by atoms with Gasteiger partial charge in [-0.1, -0.05) is 24.3 Å². The second-order valence-corrected chi connectivity index (χ2v) is 7.92. The van der Waals surface area contributed by atoms with Crippen molar-refractivity contribution in [1.82, 2.24) is 0 Å². The standard InChI is InChI=1S/C24H27F3O10/c1-13(28)33-12-19-20(34-14(2)29)21(35-15(3)30)22(36-16(4)31)23(37-19)32-11-5-6-17-7-9-18(10-8-17)24(25,26)27/h5-10,19-23H,11-12H2,1-4H3/b6-5+/t19-,20-,21+,22-,23-/m1/s1. The Bertz CT molecular complexity index is 989. The summed E-state index contributed by atoms with van der Waals surface area (Å²) in [7, 11) is 0. The van der Waals surface area contributed by atoms with Crippen LogP contribution in [0.25, 0.3) is 6.08 Å². The van der Waals surface area contributed by atoms with Crippen LogP contribution < -0.4 is 0 Å². The van der Waals surface area contributed by atoms with Crippen molar-refractivity contribution in [2.24, 2.45) is 0 Å². The molecule has 0 amide bonds. The van der Waals surface area contributed by atoms with Crippen LogP contribution in [-0.2, 0) is 53.8 Å². The first-order chi connectivity index (χ1) is 17.3. The van der Waals surface area contributed by atoms with Crippen LogP contribution in [0.5, 0.6) is 0 Å². The minimum Gasteiger partial charge on any atom is -0.463 e. The Morgan fingerprint density at radius 1 is 0.838 bits per heavy atom. The van der Waals surface area contributed by atoms with E-state index >= 15 is 0 Å². The van der Waals surface area contributed by atoms with E-state index in [0.29, 0.717) is 5.56 Å². The van der Waals surface area contributed by atoms with E-state index < -0.39 is 72.9 Å². The van der Waals surface area contributed by atoms with Gasteiger partial charge in [0, 0.05) is 27.7 Å². The maximum Gasteiger partial charge on any atom is 0.416 e. The molecule has 1 aromatic carbocycles. The van der Waals surface area contributed by atoms with Gasteiger partial charge in [0.25, 0.3) is 0 Å². The lowest BCUT2D eigenvalue weighted by atomic mass is 9.98. The van der Waals surface area contributed by atoms with E-state index in [2.05, 4.69) is 0 Å². The number of carbonyl (C=O) groups excluding carboxylic acids is 4. The Labute approximate surface area is 210 Å². The number of carbonyl (C=O) groups is 4. The first kappa shape index (κ1) is 29.8. The van der Waals surface area contributed by atoms with Gasteiger partial charge in [-0.05, 0) is 17.7 Å². The predicted octanol–water partition coefficient (Wildman–Crippen LogP) is 2.82. The van der Waals surface area contributed by atoms with Crippen molar-refractivity contribution in [2.75, 3.05) is 13.2 Å². The second-order valence-electron chi connectivity index (χ2n) is 7.92. The van der Waals surface area contributed by atoms with Crippen LogP contribution in [0.15, 0.2) is 30.3 Å². The van der Waals surface area contributed by atoms with Crippen molar-refractivity contribution in [3.05, 3.63) is 41.5 Å². The van der Waals surface area contributed by atoms with Crippen LogP contribution in [0.1, 0.15) is 38.8 Å². The second kappa shape index (κ2) is 13.2. The lowest BCUT2D eigenvalue weighted by molar-refractivity contribution is -0.305. The monoisotopic (exact) mass is 532 g/mol. The number of halogens is 3. The SMILES string of the molecule is CC(=O)OC[C@H]1O[C@@H](OC/C=C/c2ccc(C(F)(F)F)cc2)[C@H](OC(C)=O)[C@@H](OC(C)=O)[C@@H]1OC(C)=O. The van der Waals surface area contributed by atoms with Crippen LogP contribution in [0.2, 0.25) is 0 Å². The molecule has 0 unspecified atom stereocenters. The normalized spacial score (nSPS) is 23.8. The lowest BCUT2D eigenvalue weighted by Crippen LogP contribution is -2.62. The molecule has 1 saturated heterocycles. The molecule has 0 saturated carbocycles. The van der Waals surface area contributed by atoms with Crippen molar-refractivity contribution in [1.29, 1.82) is 0 Å². The third kappa shape index (κ3) is 9.50. The summed E-state index contributed by atoms with van der Waals surface area (Å²) in [5.74, 6) is -2.99. The number of hydrogen-bond acceptors (Lipinski definition) is 10. The minimum atomic E-state index is -4.46. The molecule has 0 bridgehead atoms. The molecule has 1 aliphatic rings. The fourth-order valence-electron chi connectivity index (χ4n) is 3.44. The van der Waals surface area contributed by atoms with Crippen molar-refractivity contribution < 1.29 is 60.8 Å². The van der Waals surface area contributed by atoms with Crippen LogP contribution in [0.4, 0.5) is 13.2 Å². The summed E-state index contributed by atoms with van der Waals surface area (Å²) in [4.78, 5) is 46.7. The van der Waals surface area contributed by atoms with Gasteiger partial charge in [-0.2, -0.15) is 13.2 Å². The Morgan fingerprint density at radius 3 is 1.89 bits per heavy atom. The van der Waals surface area contributed by atoms with E-state index in [0.717, 1.165) is 39.8 Å². The molecular weight excluding hydrogens is 505 g/mol. The molecular formula is C24H27F3O10. The van der Waals surface area contributed by atoms with Crippen molar-refractivity contribution in [2.45, 2.75) is 64.6 Å². The molecule has 0 aliphatic carbocycles.